The van der Waals surface area contributed by atoms with Gasteiger partial charge in [-0.2, -0.15) is 0 Å². The molecule has 0 heterocycles. The van der Waals surface area contributed by atoms with Crippen LogP contribution in [0.2, 0.25) is 0 Å². The fraction of sp³-hybridized carbons (Fsp3) is 0.364. The van der Waals surface area contributed by atoms with Crippen LogP contribution in [0.15, 0.2) is 42.5 Å². The Balaban J connectivity index is 2.18. The normalized spacial score (nSPS) is 11.4. The quantitative estimate of drug-likeness (QED) is 0.459. The molecular weight excluding hydrogens is 402 g/mol. The Morgan fingerprint density at radius 3 is 2.58 bits per heavy atom. The second-order valence-electron chi connectivity index (χ2n) is 6.96. The van der Waals surface area contributed by atoms with Crippen LogP contribution in [0.1, 0.15) is 25.0 Å². The van der Waals surface area contributed by atoms with Gasteiger partial charge in [-0.1, -0.05) is 29.8 Å². The summed E-state index contributed by atoms with van der Waals surface area (Å²) < 4.78 is 10.6. The molecule has 9 nitrogen and oxygen atoms in total. The third-order valence-electron chi connectivity index (χ3n) is 4.66. The minimum absolute atomic E-state index is 0.0299. The van der Waals surface area contributed by atoms with Crippen LogP contribution < -0.4 is 14.8 Å². The van der Waals surface area contributed by atoms with Crippen molar-refractivity contribution in [2.45, 2.75) is 33.4 Å². The molecule has 0 fully saturated rings. The summed E-state index contributed by atoms with van der Waals surface area (Å²) in [4.78, 5) is 37.3. The van der Waals surface area contributed by atoms with Gasteiger partial charge in [-0.3, -0.25) is 19.7 Å². The maximum Gasteiger partial charge on any atom is 0.311 e. The molecule has 0 bridgehead atoms. The number of hydrogen-bond donors (Lipinski definition) is 1. The van der Waals surface area contributed by atoms with Gasteiger partial charge in [0.1, 0.15) is 11.8 Å². The van der Waals surface area contributed by atoms with Crippen molar-refractivity contribution in [3.05, 3.63) is 63.7 Å². The Morgan fingerprint density at radius 1 is 1.23 bits per heavy atom. The molecule has 9 heteroatoms. The number of hydrogen-bond acceptors (Lipinski definition) is 6. The summed E-state index contributed by atoms with van der Waals surface area (Å²) in [6.45, 7) is 5.78. The molecule has 1 atom stereocenters. The van der Waals surface area contributed by atoms with Crippen molar-refractivity contribution in [1.29, 1.82) is 0 Å². The molecule has 2 rings (SSSR count). The lowest BCUT2D eigenvalue weighted by Crippen LogP contribution is -2.49. The molecule has 0 saturated carbocycles. The highest BCUT2D eigenvalue weighted by Crippen LogP contribution is 2.30. The van der Waals surface area contributed by atoms with Crippen LogP contribution in [0.5, 0.6) is 11.5 Å². The molecule has 0 radical (unpaired) electrons. The number of rotatable bonds is 10. The van der Waals surface area contributed by atoms with Crippen molar-refractivity contribution >= 4 is 17.5 Å². The van der Waals surface area contributed by atoms with Crippen molar-refractivity contribution in [2.75, 3.05) is 20.3 Å². The molecule has 2 aromatic rings. The number of carbonyl (C=O) groups is 2. The van der Waals surface area contributed by atoms with E-state index in [2.05, 4.69) is 5.32 Å². The van der Waals surface area contributed by atoms with Gasteiger partial charge in [-0.25, -0.2) is 0 Å². The van der Waals surface area contributed by atoms with Crippen LogP contribution in [0.3, 0.4) is 0 Å². The van der Waals surface area contributed by atoms with E-state index < -0.39 is 16.9 Å². The fourth-order valence-electron chi connectivity index (χ4n) is 3.04. The number of nitro groups is 1. The first-order valence-corrected chi connectivity index (χ1v) is 9.84. The van der Waals surface area contributed by atoms with Gasteiger partial charge in [0.15, 0.2) is 6.61 Å². The lowest BCUT2D eigenvalue weighted by atomic mass is 10.1. The number of likely N-dealkylation sites (N-methyl/N-ethyl adjacent to an activating group) is 1. The molecule has 0 aliphatic rings. The van der Waals surface area contributed by atoms with Crippen molar-refractivity contribution < 1.29 is 24.0 Å². The van der Waals surface area contributed by atoms with E-state index in [1.165, 1.54) is 30.2 Å². The number of nitrogens with one attached hydrogen (secondary N) is 1. The van der Waals surface area contributed by atoms with Gasteiger partial charge in [-0.15, -0.1) is 0 Å². The molecule has 0 spiro atoms. The van der Waals surface area contributed by atoms with Gasteiger partial charge in [0.2, 0.25) is 11.7 Å². The van der Waals surface area contributed by atoms with Crippen molar-refractivity contribution in [2.24, 2.45) is 0 Å². The maximum atomic E-state index is 13.0. The Kier molecular flexibility index (Phi) is 8.36. The van der Waals surface area contributed by atoms with Crippen LogP contribution >= 0.6 is 0 Å². The molecule has 0 aliphatic heterocycles. The number of ether oxygens (including phenoxy) is 2. The molecule has 2 amide bonds. The van der Waals surface area contributed by atoms with E-state index in [1.807, 2.05) is 38.1 Å². The van der Waals surface area contributed by atoms with Gasteiger partial charge in [0, 0.05) is 25.2 Å². The molecule has 0 aliphatic carbocycles. The van der Waals surface area contributed by atoms with Gasteiger partial charge in [0.05, 0.1) is 12.0 Å². The summed E-state index contributed by atoms with van der Waals surface area (Å²) in [7, 11) is 1.31. The van der Waals surface area contributed by atoms with Crippen LogP contribution in [0.4, 0.5) is 5.69 Å². The molecule has 0 saturated heterocycles. The number of aryl methyl sites for hydroxylation is 1. The summed E-state index contributed by atoms with van der Waals surface area (Å²) in [5.41, 5.74) is 1.73. The summed E-state index contributed by atoms with van der Waals surface area (Å²) in [5.74, 6) is -0.377. The average molecular weight is 429 g/mol. The smallest absolute Gasteiger partial charge is 0.311 e. The van der Waals surface area contributed by atoms with E-state index in [4.69, 9.17) is 9.47 Å². The summed E-state index contributed by atoms with van der Waals surface area (Å²) in [6.07, 6.45) is 0. The van der Waals surface area contributed by atoms with Crippen molar-refractivity contribution in [3.8, 4) is 11.5 Å². The highest BCUT2D eigenvalue weighted by molar-refractivity contribution is 5.87. The van der Waals surface area contributed by atoms with E-state index in [0.29, 0.717) is 6.54 Å². The van der Waals surface area contributed by atoms with Gasteiger partial charge < -0.3 is 19.7 Å². The van der Waals surface area contributed by atoms with E-state index in [1.54, 1.807) is 6.92 Å². The molecular formula is C22H27N3O6. The van der Waals surface area contributed by atoms with E-state index >= 15 is 0 Å². The first-order chi connectivity index (χ1) is 14.8. The molecule has 166 valence electrons. The minimum Gasteiger partial charge on any atom is -0.490 e. The minimum atomic E-state index is -0.706. The Morgan fingerprint density at radius 2 is 1.97 bits per heavy atom. The van der Waals surface area contributed by atoms with E-state index in [0.717, 1.165) is 11.1 Å². The summed E-state index contributed by atoms with van der Waals surface area (Å²) in [6, 6.07) is 11.0. The number of methoxy groups -OCH3 is 1. The van der Waals surface area contributed by atoms with Gasteiger partial charge in [0.25, 0.3) is 5.91 Å². The van der Waals surface area contributed by atoms with E-state index in [9.17, 15) is 19.7 Å². The van der Waals surface area contributed by atoms with Crippen molar-refractivity contribution in [3.63, 3.8) is 0 Å². The molecule has 2 aromatic carbocycles. The highest BCUT2D eigenvalue weighted by Gasteiger charge is 2.26. The monoisotopic (exact) mass is 429 g/mol. The standard InChI is InChI=1S/C22H27N3O6/c1-5-23-22(27)16(3)24(13-17-8-6-7-15(2)11-17)21(26)14-31-18-9-10-19(25(28)29)20(12-18)30-4/h6-12,16H,5,13-14H2,1-4H3,(H,23,27)/t16-/m0/s1. The lowest BCUT2D eigenvalue weighted by Gasteiger charge is -2.28. The number of nitro benzene ring substituents is 1. The zero-order chi connectivity index (χ0) is 23.0. The Hall–Kier alpha value is -3.62. The summed E-state index contributed by atoms with van der Waals surface area (Å²) in [5, 5.41) is 13.8. The van der Waals surface area contributed by atoms with Crippen molar-refractivity contribution in [1.82, 2.24) is 10.2 Å². The lowest BCUT2D eigenvalue weighted by molar-refractivity contribution is -0.385. The highest BCUT2D eigenvalue weighted by atomic mass is 16.6. The molecule has 1 N–H and O–H groups in total. The maximum absolute atomic E-state index is 13.0. The van der Waals surface area contributed by atoms with Crippen LogP contribution in [-0.4, -0.2) is 47.9 Å². The molecule has 0 unspecified atom stereocenters. The number of benzene rings is 2. The average Bonchev–Trinajstić information content (AvgIpc) is 2.75. The first-order valence-electron chi connectivity index (χ1n) is 9.84. The largest absolute Gasteiger partial charge is 0.490 e. The zero-order valence-corrected chi connectivity index (χ0v) is 18.1. The Bertz CT molecular complexity index is 947. The second-order valence-corrected chi connectivity index (χ2v) is 6.96. The first kappa shape index (κ1) is 23.7. The number of amides is 2. The molecule has 31 heavy (non-hydrogen) atoms. The summed E-state index contributed by atoms with van der Waals surface area (Å²) >= 11 is 0. The van der Waals surface area contributed by atoms with E-state index in [-0.39, 0.29) is 36.2 Å². The Labute approximate surface area is 181 Å². The fourth-order valence-corrected chi connectivity index (χ4v) is 3.04. The van der Waals surface area contributed by atoms with Crippen LogP contribution in [-0.2, 0) is 16.1 Å². The topological polar surface area (TPSA) is 111 Å². The third kappa shape index (κ3) is 6.43. The zero-order valence-electron chi connectivity index (χ0n) is 18.1. The number of carbonyl (C=O) groups excluding carboxylic acids is 2. The third-order valence-corrected chi connectivity index (χ3v) is 4.66. The van der Waals surface area contributed by atoms with Crippen LogP contribution in [0.25, 0.3) is 0 Å². The predicted octanol–water partition coefficient (Wildman–Crippen LogP) is 2.84. The molecule has 0 aromatic heterocycles. The SMILES string of the molecule is CCNC(=O)[C@H](C)N(Cc1cccc(C)c1)C(=O)COc1ccc([N+](=O)[O-])c(OC)c1. The number of nitrogens with zero attached hydrogens (tertiary/aromatic N) is 2. The van der Waals surface area contributed by atoms with Crippen LogP contribution in [0, 0.1) is 17.0 Å². The predicted molar refractivity (Wildman–Crippen MR) is 115 cm³/mol. The van der Waals surface area contributed by atoms with Gasteiger partial charge in [-0.05, 0) is 32.4 Å². The second kappa shape index (κ2) is 11.0. The van der Waals surface area contributed by atoms with Gasteiger partial charge >= 0.3 is 5.69 Å².